The molecule has 4 heteroatoms. The molecule has 0 amide bonds. The second-order valence-electron chi connectivity index (χ2n) is 6.55. The van der Waals surface area contributed by atoms with Gasteiger partial charge in [0.2, 0.25) is 0 Å². The van der Waals surface area contributed by atoms with Crippen LogP contribution in [0.1, 0.15) is 32.3 Å². The molecule has 0 bridgehead atoms. The summed E-state index contributed by atoms with van der Waals surface area (Å²) in [5.41, 5.74) is 1.58. The first-order valence-corrected chi connectivity index (χ1v) is 7.86. The normalized spacial score (nSPS) is 21.6. The Hall–Kier alpha value is -1.55. The van der Waals surface area contributed by atoms with Crippen LogP contribution in [0.5, 0.6) is 0 Å². The van der Waals surface area contributed by atoms with Gasteiger partial charge in [0.25, 0.3) is 0 Å². The number of piperazine rings is 1. The molecule has 1 saturated carbocycles. The smallest absolute Gasteiger partial charge is 0.314 e. The van der Waals surface area contributed by atoms with E-state index >= 15 is 0 Å². The first-order chi connectivity index (χ1) is 10.0. The maximum atomic E-state index is 11.4. The molecule has 1 aliphatic carbocycles. The summed E-state index contributed by atoms with van der Waals surface area (Å²) in [6, 6.07) is 8.79. The van der Waals surface area contributed by atoms with Crippen molar-refractivity contribution in [3.63, 3.8) is 0 Å². The lowest BCUT2D eigenvalue weighted by Gasteiger charge is -2.38. The zero-order valence-corrected chi connectivity index (χ0v) is 12.9. The van der Waals surface area contributed by atoms with E-state index in [-0.39, 0.29) is 0 Å². The van der Waals surface area contributed by atoms with Gasteiger partial charge in [-0.2, -0.15) is 0 Å². The Bertz CT molecular complexity index is 512. The van der Waals surface area contributed by atoms with Gasteiger partial charge in [0.15, 0.2) is 0 Å². The molecule has 2 aliphatic rings. The van der Waals surface area contributed by atoms with E-state index in [4.69, 9.17) is 0 Å². The van der Waals surface area contributed by atoms with Gasteiger partial charge < -0.3 is 10.0 Å². The van der Waals surface area contributed by atoms with Crippen molar-refractivity contribution in [1.82, 2.24) is 4.90 Å². The summed E-state index contributed by atoms with van der Waals surface area (Å²) < 4.78 is 0. The fraction of sp³-hybridized carbons (Fsp3) is 0.588. The van der Waals surface area contributed by atoms with Crippen LogP contribution >= 0.6 is 0 Å². The van der Waals surface area contributed by atoms with Crippen molar-refractivity contribution in [2.75, 3.05) is 31.1 Å². The highest BCUT2D eigenvalue weighted by Crippen LogP contribution is 2.48. The number of hydrogen-bond donors (Lipinski definition) is 1. The molecule has 0 radical (unpaired) electrons. The summed E-state index contributed by atoms with van der Waals surface area (Å²) in [6.07, 6.45) is 1.55. The summed E-state index contributed by atoms with van der Waals surface area (Å²) in [5.74, 6) is -0.680. The fourth-order valence-electron chi connectivity index (χ4n) is 3.24. The monoisotopic (exact) mass is 288 g/mol. The lowest BCUT2D eigenvalue weighted by Crippen LogP contribution is -2.48. The molecule has 0 spiro atoms. The average molecular weight is 288 g/mol. The van der Waals surface area contributed by atoms with Gasteiger partial charge >= 0.3 is 5.97 Å². The molecule has 1 aromatic carbocycles. The van der Waals surface area contributed by atoms with Gasteiger partial charge in [-0.05, 0) is 44.4 Å². The Kier molecular flexibility index (Phi) is 3.66. The molecule has 0 aromatic heterocycles. The van der Waals surface area contributed by atoms with E-state index in [1.807, 2.05) is 12.1 Å². The van der Waals surface area contributed by atoms with Gasteiger partial charge in [-0.1, -0.05) is 12.1 Å². The molecule has 1 aromatic rings. The molecule has 0 atom stereocenters. The van der Waals surface area contributed by atoms with Gasteiger partial charge in [-0.3, -0.25) is 9.69 Å². The van der Waals surface area contributed by atoms with Crippen molar-refractivity contribution in [3.05, 3.63) is 29.8 Å². The largest absolute Gasteiger partial charge is 0.481 e. The minimum absolute atomic E-state index is 0.588. The number of benzene rings is 1. The predicted molar refractivity (Wildman–Crippen MR) is 83.9 cm³/mol. The van der Waals surface area contributed by atoms with E-state index in [2.05, 4.69) is 35.8 Å². The zero-order valence-electron chi connectivity index (χ0n) is 12.9. The summed E-state index contributed by atoms with van der Waals surface area (Å²) in [4.78, 5) is 16.2. The Balaban J connectivity index is 1.67. The van der Waals surface area contributed by atoms with Crippen LogP contribution in [-0.4, -0.2) is 48.2 Å². The van der Waals surface area contributed by atoms with E-state index in [0.717, 1.165) is 44.6 Å². The van der Waals surface area contributed by atoms with Crippen molar-refractivity contribution in [2.24, 2.45) is 0 Å². The van der Waals surface area contributed by atoms with Gasteiger partial charge in [-0.15, -0.1) is 0 Å². The molecule has 21 heavy (non-hydrogen) atoms. The van der Waals surface area contributed by atoms with E-state index in [9.17, 15) is 9.90 Å². The molecule has 4 nitrogen and oxygen atoms in total. The molecular formula is C17H24N2O2. The van der Waals surface area contributed by atoms with Gasteiger partial charge in [0, 0.05) is 37.9 Å². The number of carbonyl (C=O) groups is 1. The van der Waals surface area contributed by atoms with Crippen molar-refractivity contribution in [2.45, 2.75) is 38.1 Å². The Labute approximate surface area is 126 Å². The second kappa shape index (κ2) is 5.34. The summed E-state index contributed by atoms with van der Waals surface area (Å²) in [6.45, 7) is 8.76. The second-order valence-corrected chi connectivity index (χ2v) is 6.55. The summed E-state index contributed by atoms with van der Waals surface area (Å²) in [7, 11) is 0. The van der Waals surface area contributed by atoms with Crippen molar-refractivity contribution in [3.8, 4) is 0 Å². The van der Waals surface area contributed by atoms with Crippen LogP contribution in [0.3, 0.4) is 0 Å². The Morgan fingerprint density at radius 3 is 2.10 bits per heavy atom. The van der Waals surface area contributed by atoms with Crippen molar-refractivity contribution < 1.29 is 9.90 Å². The quantitative estimate of drug-likeness (QED) is 0.923. The minimum Gasteiger partial charge on any atom is -0.481 e. The third-order valence-electron chi connectivity index (χ3n) is 4.99. The highest BCUT2D eigenvalue weighted by Gasteiger charge is 2.51. The number of carboxylic acids is 1. The molecule has 1 aliphatic heterocycles. The van der Waals surface area contributed by atoms with E-state index in [1.165, 1.54) is 5.69 Å². The predicted octanol–water partition coefficient (Wildman–Crippen LogP) is 2.33. The fourth-order valence-corrected chi connectivity index (χ4v) is 3.24. The molecule has 1 N–H and O–H groups in total. The third kappa shape index (κ3) is 2.64. The highest BCUT2D eigenvalue weighted by molar-refractivity contribution is 5.85. The number of carboxylic acid groups (broad SMARTS) is 1. The van der Waals surface area contributed by atoms with Crippen LogP contribution in [0.15, 0.2) is 24.3 Å². The number of hydrogen-bond acceptors (Lipinski definition) is 3. The Morgan fingerprint density at radius 1 is 1.10 bits per heavy atom. The van der Waals surface area contributed by atoms with Gasteiger partial charge in [0.1, 0.15) is 0 Å². The van der Waals surface area contributed by atoms with Gasteiger partial charge in [0.05, 0.1) is 5.41 Å². The molecule has 2 fully saturated rings. The first-order valence-electron chi connectivity index (χ1n) is 7.86. The maximum absolute atomic E-state index is 11.4. The molecular weight excluding hydrogens is 264 g/mol. The average Bonchev–Trinajstić information content (AvgIpc) is 3.29. The van der Waals surface area contributed by atoms with Crippen LogP contribution in [0.25, 0.3) is 0 Å². The van der Waals surface area contributed by atoms with Crippen LogP contribution < -0.4 is 4.90 Å². The van der Waals surface area contributed by atoms with E-state index in [1.54, 1.807) is 0 Å². The summed E-state index contributed by atoms with van der Waals surface area (Å²) in [5, 5.41) is 9.34. The van der Waals surface area contributed by atoms with Crippen LogP contribution in [0.2, 0.25) is 0 Å². The molecule has 1 saturated heterocycles. The number of anilines is 1. The highest BCUT2D eigenvalue weighted by atomic mass is 16.4. The first kappa shape index (κ1) is 14.4. The number of nitrogens with zero attached hydrogens (tertiary/aromatic N) is 2. The molecule has 3 rings (SSSR count). The standard InChI is InChI=1S/C17H24N2O2/c1-13(2)18-9-11-19(12-10-18)15-5-3-14(4-6-15)17(7-8-17)16(20)21/h3-6,13H,7-12H2,1-2H3,(H,20,21). The maximum Gasteiger partial charge on any atom is 0.314 e. The zero-order chi connectivity index (χ0) is 15.0. The SMILES string of the molecule is CC(C)N1CCN(c2ccc(C3(C(=O)O)CC3)cc2)CC1. The molecule has 114 valence electrons. The lowest BCUT2D eigenvalue weighted by molar-refractivity contribution is -0.140. The molecule has 1 heterocycles. The summed E-state index contributed by atoms with van der Waals surface area (Å²) >= 11 is 0. The van der Waals surface area contributed by atoms with E-state index < -0.39 is 11.4 Å². The van der Waals surface area contributed by atoms with Crippen molar-refractivity contribution in [1.29, 1.82) is 0 Å². The topological polar surface area (TPSA) is 43.8 Å². The van der Waals surface area contributed by atoms with E-state index in [0.29, 0.717) is 6.04 Å². The number of aliphatic carboxylic acids is 1. The van der Waals surface area contributed by atoms with Gasteiger partial charge in [-0.25, -0.2) is 0 Å². The lowest BCUT2D eigenvalue weighted by atomic mass is 9.96. The van der Waals surface area contributed by atoms with Crippen LogP contribution in [0, 0.1) is 0 Å². The van der Waals surface area contributed by atoms with Crippen LogP contribution in [0.4, 0.5) is 5.69 Å². The number of rotatable bonds is 4. The third-order valence-corrected chi connectivity index (χ3v) is 4.99. The minimum atomic E-state index is -0.680. The van der Waals surface area contributed by atoms with Crippen molar-refractivity contribution >= 4 is 11.7 Å². The molecule has 0 unspecified atom stereocenters. The Morgan fingerprint density at radius 2 is 1.67 bits per heavy atom. The van der Waals surface area contributed by atoms with Crippen LogP contribution in [-0.2, 0) is 10.2 Å².